The Balaban J connectivity index is 2.22. The van der Waals surface area contributed by atoms with Crippen LogP contribution in [0.1, 0.15) is 48.3 Å². The number of nitrogens with zero attached hydrogens (tertiary/aromatic N) is 1. The van der Waals surface area contributed by atoms with Gasteiger partial charge in [-0.1, -0.05) is 46.3 Å². The molecule has 3 heteroatoms. The predicted octanol–water partition coefficient (Wildman–Crippen LogP) is 4.79. The van der Waals surface area contributed by atoms with Gasteiger partial charge in [0, 0.05) is 15.6 Å². The molecule has 0 bridgehead atoms. The van der Waals surface area contributed by atoms with Crippen LogP contribution in [0.3, 0.4) is 0 Å². The Kier molecular flexibility index (Phi) is 3.40. The summed E-state index contributed by atoms with van der Waals surface area (Å²) in [6.45, 7) is 6.26. The first kappa shape index (κ1) is 14.3. The van der Waals surface area contributed by atoms with Crippen molar-refractivity contribution in [1.82, 2.24) is 4.90 Å². The molecule has 0 spiro atoms. The number of fused-ring (bicyclic) bond motifs is 1. The highest BCUT2D eigenvalue weighted by molar-refractivity contribution is 9.10. The molecule has 0 aromatic heterocycles. The predicted molar refractivity (Wildman–Crippen MR) is 88.3 cm³/mol. The van der Waals surface area contributed by atoms with Gasteiger partial charge in [-0.3, -0.25) is 4.79 Å². The van der Waals surface area contributed by atoms with E-state index in [0.29, 0.717) is 0 Å². The number of halogens is 1. The van der Waals surface area contributed by atoms with Gasteiger partial charge in [0.05, 0.1) is 6.04 Å². The average molecular weight is 344 g/mol. The Hall–Kier alpha value is -1.61. The van der Waals surface area contributed by atoms with Gasteiger partial charge in [-0.2, -0.15) is 0 Å². The maximum absolute atomic E-state index is 12.8. The molecule has 2 aromatic carbocycles. The lowest BCUT2D eigenvalue weighted by molar-refractivity contribution is 0.0552. The molecule has 1 aliphatic heterocycles. The van der Waals surface area contributed by atoms with Crippen molar-refractivity contribution in [2.24, 2.45) is 0 Å². The van der Waals surface area contributed by atoms with Crippen LogP contribution >= 0.6 is 15.9 Å². The van der Waals surface area contributed by atoms with Gasteiger partial charge in [0.1, 0.15) is 0 Å². The summed E-state index contributed by atoms with van der Waals surface area (Å²) in [7, 11) is 0. The van der Waals surface area contributed by atoms with E-state index < -0.39 is 0 Å². The highest BCUT2D eigenvalue weighted by atomic mass is 79.9. The molecular formula is C18H18BrNO. The van der Waals surface area contributed by atoms with E-state index in [2.05, 4.69) is 54.9 Å². The van der Waals surface area contributed by atoms with E-state index in [1.54, 1.807) is 0 Å². The number of hydrogen-bond donors (Lipinski definition) is 0. The maximum atomic E-state index is 12.8. The second kappa shape index (κ2) is 4.99. The summed E-state index contributed by atoms with van der Waals surface area (Å²) in [6, 6.07) is 16.1. The summed E-state index contributed by atoms with van der Waals surface area (Å²) in [5.41, 5.74) is 2.80. The molecule has 0 aliphatic carbocycles. The third-order valence-corrected chi connectivity index (χ3v) is 4.35. The Morgan fingerprint density at radius 3 is 2.33 bits per heavy atom. The number of carbonyl (C=O) groups is 1. The van der Waals surface area contributed by atoms with Crippen LogP contribution < -0.4 is 0 Å². The fourth-order valence-electron chi connectivity index (χ4n) is 3.00. The van der Waals surface area contributed by atoms with Gasteiger partial charge in [-0.05, 0) is 50.1 Å². The Morgan fingerprint density at radius 1 is 1.05 bits per heavy atom. The van der Waals surface area contributed by atoms with E-state index in [4.69, 9.17) is 0 Å². The topological polar surface area (TPSA) is 20.3 Å². The van der Waals surface area contributed by atoms with Gasteiger partial charge in [0.2, 0.25) is 0 Å². The van der Waals surface area contributed by atoms with Crippen molar-refractivity contribution in [2.75, 3.05) is 0 Å². The van der Waals surface area contributed by atoms with Crippen molar-refractivity contribution in [1.29, 1.82) is 0 Å². The maximum Gasteiger partial charge on any atom is 0.255 e. The molecule has 1 heterocycles. The molecule has 21 heavy (non-hydrogen) atoms. The van der Waals surface area contributed by atoms with Gasteiger partial charge in [0.15, 0.2) is 0 Å². The molecule has 0 N–H and O–H groups in total. The molecule has 1 atom stereocenters. The van der Waals surface area contributed by atoms with E-state index >= 15 is 0 Å². The molecule has 0 saturated carbocycles. The van der Waals surface area contributed by atoms with Crippen LogP contribution in [-0.2, 0) is 0 Å². The van der Waals surface area contributed by atoms with Crippen molar-refractivity contribution in [3.8, 4) is 0 Å². The highest BCUT2D eigenvalue weighted by Gasteiger charge is 2.43. The van der Waals surface area contributed by atoms with Crippen molar-refractivity contribution < 1.29 is 4.79 Å². The first-order valence-electron chi connectivity index (χ1n) is 7.07. The molecule has 2 nitrogen and oxygen atoms in total. The van der Waals surface area contributed by atoms with E-state index in [9.17, 15) is 4.79 Å². The lowest BCUT2D eigenvalue weighted by Crippen LogP contribution is -2.44. The smallest absolute Gasteiger partial charge is 0.255 e. The molecule has 0 fully saturated rings. The summed E-state index contributed by atoms with van der Waals surface area (Å²) in [5, 5.41) is 0. The average Bonchev–Trinajstić information content (AvgIpc) is 2.72. The fourth-order valence-corrected chi connectivity index (χ4v) is 3.38. The second-order valence-electron chi connectivity index (χ2n) is 6.39. The van der Waals surface area contributed by atoms with E-state index in [1.165, 1.54) is 0 Å². The van der Waals surface area contributed by atoms with Crippen molar-refractivity contribution in [3.63, 3.8) is 0 Å². The zero-order valence-corrected chi connectivity index (χ0v) is 14.0. The van der Waals surface area contributed by atoms with Crippen molar-refractivity contribution in [2.45, 2.75) is 32.4 Å². The van der Waals surface area contributed by atoms with E-state index in [0.717, 1.165) is 21.2 Å². The second-order valence-corrected chi connectivity index (χ2v) is 7.31. The van der Waals surface area contributed by atoms with Crippen LogP contribution in [0.2, 0.25) is 0 Å². The summed E-state index contributed by atoms with van der Waals surface area (Å²) in [6.07, 6.45) is 0. The van der Waals surface area contributed by atoms with Crippen LogP contribution in [0.5, 0.6) is 0 Å². The molecule has 108 valence electrons. The minimum absolute atomic E-state index is 0.0220. The van der Waals surface area contributed by atoms with Crippen LogP contribution in [0, 0.1) is 0 Å². The Labute approximate surface area is 133 Å². The largest absolute Gasteiger partial charge is 0.323 e. The van der Waals surface area contributed by atoms with Crippen LogP contribution in [-0.4, -0.2) is 16.3 Å². The van der Waals surface area contributed by atoms with Gasteiger partial charge in [0.25, 0.3) is 5.91 Å². The molecule has 2 aromatic rings. The third kappa shape index (κ3) is 2.40. The number of carbonyl (C=O) groups excluding carboxylic acids is 1. The number of amides is 1. The van der Waals surface area contributed by atoms with Crippen LogP contribution in [0.15, 0.2) is 53.0 Å². The number of benzene rings is 2. The highest BCUT2D eigenvalue weighted by Crippen LogP contribution is 2.43. The number of rotatable bonds is 1. The third-order valence-electron chi connectivity index (χ3n) is 3.85. The quantitative estimate of drug-likeness (QED) is 0.728. The number of hydrogen-bond acceptors (Lipinski definition) is 1. The molecule has 1 aliphatic rings. The van der Waals surface area contributed by atoms with E-state index in [-0.39, 0.29) is 17.5 Å². The Bertz CT molecular complexity index is 688. The van der Waals surface area contributed by atoms with Crippen molar-refractivity contribution in [3.05, 3.63) is 69.7 Å². The Morgan fingerprint density at radius 2 is 1.71 bits per heavy atom. The molecule has 3 rings (SSSR count). The summed E-state index contributed by atoms with van der Waals surface area (Å²) in [4.78, 5) is 14.8. The standard InChI is InChI=1S/C18H18BrNO/c1-18(2,3)20-16(12-7-5-4-6-8-12)15-11-13(19)9-10-14(15)17(20)21/h4-11,16H,1-3H3. The van der Waals surface area contributed by atoms with Crippen LogP contribution in [0.25, 0.3) is 0 Å². The molecule has 0 saturated heterocycles. The van der Waals surface area contributed by atoms with Gasteiger partial charge >= 0.3 is 0 Å². The molecule has 0 radical (unpaired) electrons. The molecule has 1 unspecified atom stereocenters. The first-order valence-corrected chi connectivity index (χ1v) is 7.87. The van der Waals surface area contributed by atoms with Crippen LogP contribution in [0.4, 0.5) is 0 Å². The van der Waals surface area contributed by atoms with Crippen molar-refractivity contribution >= 4 is 21.8 Å². The fraction of sp³-hybridized carbons (Fsp3) is 0.278. The molecule has 1 amide bonds. The SMILES string of the molecule is CC(C)(C)N1C(=O)c2ccc(Br)cc2C1c1ccccc1. The summed E-state index contributed by atoms with van der Waals surface area (Å²) in [5.74, 6) is 0.110. The minimum Gasteiger partial charge on any atom is -0.323 e. The van der Waals surface area contributed by atoms with E-state index in [1.807, 2.05) is 35.2 Å². The van der Waals surface area contributed by atoms with Gasteiger partial charge in [-0.15, -0.1) is 0 Å². The minimum atomic E-state index is -0.233. The zero-order chi connectivity index (χ0) is 15.2. The van der Waals surface area contributed by atoms with Gasteiger partial charge < -0.3 is 4.90 Å². The first-order chi connectivity index (χ1) is 9.89. The normalized spacial score (nSPS) is 18.0. The lowest BCUT2D eigenvalue weighted by Gasteiger charge is -2.37. The lowest BCUT2D eigenvalue weighted by atomic mass is 9.95. The monoisotopic (exact) mass is 343 g/mol. The van der Waals surface area contributed by atoms with Gasteiger partial charge in [-0.25, -0.2) is 0 Å². The zero-order valence-electron chi connectivity index (χ0n) is 12.4. The molecular weight excluding hydrogens is 326 g/mol. The summed E-state index contributed by atoms with van der Waals surface area (Å²) >= 11 is 3.53. The summed E-state index contributed by atoms with van der Waals surface area (Å²) < 4.78 is 1.01.